The van der Waals surface area contributed by atoms with Gasteiger partial charge in [-0.1, -0.05) is 0 Å². The van der Waals surface area contributed by atoms with Crippen LogP contribution >= 0.6 is 0 Å². The molecule has 0 aromatic rings. The normalized spacial score (nSPS) is 40.0. The number of aliphatic hydroxyl groups is 2. The second-order valence-electron chi connectivity index (χ2n) is 6.92. The van der Waals surface area contributed by atoms with Crippen molar-refractivity contribution in [2.24, 2.45) is 5.92 Å². The molecule has 18 heavy (non-hydrogen) atoms. The van der Waals surface area contributed by atoms with Crippen LogP contribution in [0, 0.1) is 5.92 Å². The van der Waals surface area contributed by atoms with Gasteiger partial charge in [0.15, 0.2) is 0 Å². The van der Waals surface area contributed by atoms with Crippen LogP contribution in [-0.2, 0) is 4.74 Å². The van der Waals surface area contributed by atoms with Crippen molar-refractivity contribution in [1.82, 2.24) is 4.90 Å². The lowest BCUT2D eigenvalue weighted by Gasteiger charge is -2.36. The SMILES string of the molecule is CC1(C)OC(C)(C)C(CN2CCCC(O)C2)C1O. The molecule has 2 saturated heterocycles. The first-order chi connectivity index (χ1) is 8.22. The summed E-state index contributed by atoms with van der Waals surface area (Å²) in [7, 11) is 0. The Morgan fingerprint density at radius 1 is 1.17 bits per heavy atom. The number of piperidine rings is 1. The summed E-state index contributed by atoms with van der Waals surface area (Å²) < 4.78 is 5.99. The molecule has 2 heterocycles. The van der Waals surface area contributed by atoms with Gasteiger partial charge in [-0.2, -0.15) is 0 Å². The molecule has 0 radical (unpaired) electrons. The summed E-state index contributed by atoms with van der Waals surface area (Å²) >= 11 is 0. The van der Waals surface area contributed by atoms with E-state index in [0.29, 0.717) is 0 Å². The summed E-state index contributed by atoms with van der Waals surface area (Å²) in [5.41, 5.74) is -0.798. The monoisotopic (exact) mass is 257 g/mol. The summed E-state index contributed by atoms with van der Waals surface area (Å²) in [6, 6.07) is 0. The average Bonchev–Trinajstić information content (AvgIpc) is 2.37. The molecule has 0 amide bonds. The third-order valence-electron chi connectivity index (χ3n) is 4.45. The Balaban J connectivity index is 2.03. The molecule has 0 aromatic heterocycles. The average molecular weight is 257 g/mol. The Morgan fingerprint density at radius 3 is 2.33 bits per heavy atom. The number of aliphatic hydroxyl groups excluding tert-OH is 2. The summed E-state index contributed by atoms with van der Waals surface area (Å²) in [5, 5.41) is 20.2. The van der Waals surface area contributed by atoms with Gasteiger partial charge in [-0.3, -0.25) is 0 Å². The quantitative estimate of drug-likeness (QED) is 0.775. The first-order valence-electron chi connectivity index (χ1n) is 7.01. The van der Waals surface area contributed by atoms with Crippen LogP contribution in [0.25, 0.3) is 0 Å². The summed E-state index contributed by atoms with van der Waals surface area (Å²) in [6.07, 6.45) is 1.27. The third-order valence-corrected chi connectivity index (χ3v) is 4.45. The molecule has 2 fully saturated rings. The molecule has 0 saturated carbocycles. The van der Waals surface area contributed by atoms with Crippen LogP contribution < -0.4 is 0 Å². The predicted molar refractivity (Wildman–Crippen MR) is 70.4 cm³/mol. The maximum absolute atomic E-state index is 10.4. The van der Waals surface area contributed by atoms with E-state index in [1.165, 1.54) is 0 Å². The number of likely N-dealkylation sites (tertiary alicyclic amines) is 1. The molecule has 3 unspecified atom stereocenters. The Labute approximate surface area is 110 Å². The van der Waals surface area contributed by atoms with Crippen molar-refractivity contribution in [2.75, 3.05) is 19.6 Å². The third kappa shape index (κ3) is 2.72. The van der Waals surface area contributed by atoms with Crippen molar-refractivity contribution in [3.05, 3.63) is 0 Å². The van der Waals surface area contributed by atoms with Gasteiger partial charge in [0.05, 0.1) is 23.4 Å². The van der Waals surface area contributed by atoms with Gasteiger partial charge in [0.2, 0.25) is 0 Å². The molecular formula is C14H27NO3. The van der Waals surface area contributed by atoms with Crippen LogP contribution in [0.5, 0.6) is 0 Å². The van der Waals surface area contributed by atoms with Crippen LogP contribution in [0.4, 0.5) is 0 Å². The van der Waals surface area contributed by atoms with Crippen molar-refractivity contribution >= 4 is 0 Å². The highest BCUT2D eigenvalue weighted by Gasteiger charge is 2.53. The van der Waals surface area contributed by atoms with Crippen molar-refractivity contribution in [2.45, 2.75) is 63.9 Å². The minimum Gasteiger partial charge on any atom is -0.392 e. The summed E-state index contributed by atoms with van der Waals surface area (Å²) in [6.45, 7) is 10.5. The van der Waals surface area contributed by atoms with Gasteiger partial charge in [-0.05, 0) is 47.1 Å². The van der Waals surface area contributed by atoms with Gasteiger partial charge in [0.1, 0.15) is 0 Å². The number of hydrogen-bond acceptors (Lipinski definition) is 4. The van der Waals surface area contributed by atoms with Gasteiger partial charge >= 0.3 is 0 Å². The second kappa shape index (κ2) is 4.75. The highest BCUT2D eigenvalue weighted by Crippen LogP contribution is 2.42. The lowest BCUT2D eigenvalue weighted by molar-refractivity contribution is -0.0916. The molecule has 4 nitrogen and oxygen atoms in total. The van der Waals surface area contributed by atoms with Crippen LogP contribution in [0.2, 0.25) is 0 Å². The van der Waals surface area contributed by atoms with Gasteiger partial charge in [0, 0.05) is 19.0 Å². The maximum Gasteiger partial charge on any atom is 0.0896 e. The predicted octanol–water partition coefficient (Wildman–Crippen LogP) is 1.01. The number of rotatable bonds is 2. The Hall–Kier alpha value is -0.160. The lowest BCUT2D eigenvalue weighted by atomic mass is 9.84. The fourth-order valence-corrected chi connectivity index (χ4v) is 3.47. The molecule has 2 N–H and O–H groups in total. The van der Waals surface area contributed by atoms with Gasteiger partial charge < -0.3 is 19.8 Å². The molecule has 2 rings (SSSR count). The zero-order valence-corrected chi connectivity index (χ0v) is 12.0. The van der Waals surface area contributed by atoms with Crippen LogP contribution in [-0.4, -0.2) is 58.2 Å². The standard InChI is InChI=1S/C14H27NO3/c1-13(2)11(12(17)14(3,4)18-13)9-15-7-5-6-10(16)8-15/h10-12,16-17H,5-9H2,1-4H3. The van der Waals surface area contributed by atoms with Crippen LogP contribution in [0.1, 0.15) is 40.5 Å². The van der Waals surface area contributed by atoms with Crippen LogP contribution in [0.3, 0.4) is 0 Å². The first kappa shape index (κ1) is 14.3. The molecule has 2 aliphatic rings. The largest absolute Gasteiger partial charge is 0.392 e. The Morgan fingerprint density at radius 2 is 1.83 bits per heavy atom. The fourth-order valence-electron chi connectivity index (χ4n) is 3.47. The highest BCUT2D eigenvalue weighted by molar-refractivity contribution is 5.02. The molecule has 106 valence electrons. The first-order valence-corrected chi connectivity index (χ1v) is 7.01. The molecule has 0 spiro atoms. The summed E-state index contributed by atoms with van der Waals surface area (Å²) in [5.74, 6) is 0.0952. The van der Waals surface area contributed by atoms with E-state index >= 15 is 0 Å². The van der Waals surface area contributed by atoms with Gasteiger partial charge in [-0.15, -0.1) is 0 Å². The van der Waals surface area contributed by atoms with E-state index in [1.807, 2.05) is 13.8 Å². The molecule has 0 aromatic carbocycles. The van der Waals surface area contributed by atoms with Gasteiger partial charge in [0.25, 0.3) is 0 Å². The highest BCUT2D eigenvalue weighted by atomic mass is 16.5. The van der Waals surface area contributed by atoms with E-state index in [-0.39, 0.29) is 17.6 Å². The topological polar surface area (TPSA) is 52.9 Å². The lowest BCUT2D eigenvalue weighted by Crippen LogP contribution is -2.47. The van der Waals surface area contributed by atoms with Crippen molar-refractivity contribution in [3.63, 3.8) is 0 Å². The van der Waals surface area contributed by atoms with E-state index < -0.39 is 11.7 Å². The minimum atomic E-state index is -0.484. The van der Waals surface area contributed by atoms with Gasteiger partial charge in [-0.25, -0.2) is 0 Å². The van der Waals surface area contributed by atoms with E-state index in [4.69, 9.17) is 4.74 Å². The van der Waals surface area contributed by atoms with Crippen molar-refractivity contribution < 1.29 is 14.9 Å². The molecule has 2 aliphatic heterocycles. The Kier molecular flexibility index (Phi) is 3.76. The number of nitrogens with zero attached hydrogens (tertiary/aromatic N) is 1. The molecule has 0 bridgehead atoms. The van der Waals surface area contributed by atoms with Crippen molar-refractivity contribution in [3.8, 4) is 0 Å². The van der Waals surface area contributed by atoms with Crippen molar-refractivity contribution in [1.29, 1.82) is 0 Å². The Bertz CT molecular complexity index is 303. The van der Waals surface area contributed by atoms with E-state index in [0.717, 1.165) is 32.5 Å². The number of β-amino-alcohol motifs (C(OH)–C–C–N with tert-alkyl or cyclic N) is 1. The molecular weight excluding hydrogens is 230 g/mol. The number of hydrogen-bond donors (Lipinski definition) is 2. The van der Waals surface area contributed by atoms with E-state index in [9.17, 15) is 10.2 Å². The number of ether oxygens (including phenoxy) is 1. The second-order valence-corrected chi connectivity index (χ2v) is 6.92. The zero-order chi connectivity index (χ0) is 13.6. The molecule has 4 heteroatoms. The maximum atomic E-state index is 10.4. The van der Waals surface area contributed by atoms with E-state index in [2.05, 4.69) is 18.7 Å². The zero-order valence-electron chi connectivity index (χ0n) is 12.0. The minimum absolute atomic E-state index is 0.0952. The summed E-state index contributed by atoms with van der Waals surface area (Å²) in [4.78, 5) is 2.26. The van der Waals surface area contributed by atoms with E-state index in [1.54, 1.807) is 0 Å². The molecule has 0 aliphatic carbocycles. The van der Waals surface area contributed by atoms with Crippen LogP contribution in [0.15, 0.2) is 0 Å². The smallest absolute Gasteiger partial charge is 0.0896 e. The molecule has 3 atom stereocenters. The fraction of sp³-hybridized carbons (Fsp3) is 1.00.